The number of nitrogens with zero attached hydrogens (tertiary/aromatic N) is 2. The van der Waals surface area contributed by atoms with Crippen LogP contribution in [-0.4, -0.2) is 25.4 Å². The van der Waals surface area contributed by atoms with Crippen molar-refractivity contribution >= 4 is 21.2 Å². The van der Waals surface area contributed by atoms with Crippen LogP contribution in [0.2, 0.25) is 0 Å². The highest BCUT2D eigenvalue weighted by molar-refractivity contribution is 7.87. The number of nitrogens with one attached hydrogen (secondary N) is 2. The smallest absolute Gasteiger partial charge is 0.340 e. The molecule has 4 N–H and O–H groups in total. The molecule has 10 nitrogen and oxygen atoms in total. The van der Waals surface area contributed by atoms with Gasteiger partial charge in [0.1, 0.15) is 11.4 Å². The molecule has 0 amide bonds. The third-order valence-corrected chi connectivity index (χ3v) is 5.87. The van der Waals surface area contributed by atoms with E-state index >= 15 is 0 Å². The quantitative estimate of drug-likeness (QED) is 0.297. The highest BCUT2D eigenvalue weighted by atomic mass is 32.2. The van der Waals surface area contributed by atoms with E-state index in [1.54, 1.807) is 6.07 Å². The van der Waals surface area contributed by atoms with Gasteiger partial charge in [-0.3, -0.25) is 4.72 Å². The molecule has 2 aromatic heterocycles. The predicted molar refractivity (Wildman–Crippen MR) is 125 cm³/mol. The lowest BCUT2D eigenvalue weighted by Crippen LogP contribution is -2.33. The molecule has 3 aromatic rings. The normalized spacial score (nSPS) is 12.6. The third-order valence-electron chi connectivity index (χ3n) is 4.82. The summed E-state index contributed by atoms with van der Waals surface area (Å²) >= 11 is 0. The first-order valence-corrected chi connectivity index (χ1v) is 11.4. The second-order valence-electron chi connectivity index (χ2n) is 7.07. The molecule has 0 fully saturated rings. The molecule has 13 heteroatoms. The summed E-state index contributed by atoms with van der Waals surface area (Å²) in [6, 6.07) is 3.75. The molecule has 1 aromatic carbocycles. The number of rotatable bonds is 9. The van der Waals surface area contributed by atoms with Crippen molar-refractivity contribution in [3.05, 3.63) is 93.9 Å². The van der Waals surface area contributed by atoms with Gasteiger partial charge in [-0.2, -0.15) is 8.42 Å². The van der Waals surface area contributed by atoms with Crippen molar-refractivity contribution in [3.63, 3.8) is 0 Å². The maximum atomic E-state index is 15.0. The zero-order valence-corrected chi connectivity index (χ0v) is 19.4. The molecule has 0 aliphatic heterocycles. The fraction of sp³-hybridized carbons (Fsp3) is 0.136. The minimum atomic E-state index is -4.03. The number of aryl methyl sites for hydroxylation is 1. The Bertz CT molecular complexity index is 1500. The first-order chi connectivity index (χ1) is 16.6. The number of ether oxygens (including phenoxy) is 1. The number of nitrogens with two attached hydrogens (primary N) is 1. The van der Waals surface area contributed by atoms with Gasteiger partial charge in [-0.05, 0) is 42.5 Å². The zero-order chi connectivity index (χ0) is 25.8. The van der Waals surface area contributed by atoms with Gasteiger partial charge in [-0.15, -0.1) is 0 Å². The summed E-state index contributed by atoms with van der Waals surface area (Å²) in [5, 5.41) is 0.240. The molecule has 0 atom stereocenters. The predicted octanol–water partition coefficient (Wildman–Crippen LogP) is 2.63. The van der Waals surface area contributed by atoms with E-state index in [0.717, 1.165) is 25.4 Å². The summed E-state index contributed by atoms with van der Waals surface area (Å²) in [6.07, 6.45) is 4.64. The van der Waals surface area contributed by atoms with Gasteiger partial charge >= 0.3 is 11.6 Å². The molecule has 0 saturated heterocycles. The van der Waals surface area contributed by atoms with Crippen LogP contribution in [0.15, 0.2) is 75.8 Å². The molecule has 0 aliphatic carbocycles. The van der Waals surface area contributed by atoms with Gasteiger partial charge in [0.25, 0.3) is 10.2 Å². The van der Waals surface area contributed by atoms with E-state index in [-0.39, 0.29) is 40.3 Å². The standard InChI is InChI=1S/C22H21F2N5O5S/c1-12-15-10-17(23)19(34-22-27-7-4-8-28-22)11-18(15)33-21(30)16(12)9-14(5-6-25)20(24)13(2)29-35(31,32)26-3/h4-8,10-11,26,29H,2,9,25H2,1,3H3/b6-5-,20-14-. The number of allylic oxidation sites excluding steroid dienone is 3. The summed E-state index contributed by atoms with van der Waals surface area (Å²) in [6.45, 7) is 4.91. The number of aromatic nitrogens is 2. The van der Waals surface area contributed by atoms with Crippen LogP contribution in [0.25, 0.3) is 11.0 Å². The van der Waals surface area contributed by atoms with Crippen molar-refractivity contribution in [1.29, 1.82) is 0 Å². The first-order valence-electron chi connectivity index (χ1n) is 9.94. The van der Waals surface area contributed by atoms with Crippen LogP contribution in [0, 0.1) is 12.7 Å². The average molecular weight is 506 g/mol. The van der Waals surface area contributed by atoms with E-state index in [4.69, 9.17) is 14.9 Å². The van der Waals surface area contributed by atoms with Crippen LogP contribution >= 0.6 is 0 Å². The summed E-state index contributed by atoms with van der Waals surface area (Å²) in [7, 11) is -2.90. The maximum absolute atomic E-state index is 15.0. The lowest BCUT2D eigenvalue weighted by Gasteiger charge is -2.13. The van der Waals surface area contributed by atoms with Gasteiger partial charge in [-0.25, -0.2) is 28.3 Å². The lowest BCUT2D eigenvalue weighted by molar-refractivity contribution is 0.410. The molecular formula is C22H21F2N5O5S. The van der Waals surface area contributed by atoms with Crippen molar-refractivity contribution in [2.45, 2.75) is 13.3 Å². The highest BCUT2D eigenvalue weighted by Crippen LogP contribution is 2.30. The molecule has 0 radical (unpaired) electrons. The second kappa shape index (κ2) is 10.4. The van der Waals surface area contributed by atoms with Gasteiger partial charge in [0.05, 0.1) is 5.70 Å². The Hall–Kier alpha value is -4.10. The van der Waals surface area contributed by atoms with Crippen molar-refractivity contribution in [2.75, 3.05) is 7.05 Å². The van der Waals surface area contributed by atoms with E-state index in [2.05, 4.69) is 16.5 Å². The average Bonchev–Trinajstić information content (AvgIpc) is 2.82. The molecule has 35 heavy (non-hydrogen) atoms. The van der Waals surface area contributed by atoms with Crippen LogP contribution in [0.5, 0.6) is 11.8 Å². The number of hydrogen-bond acceptors (Lipinski definition) is 8. The Balaban J connectivity index is 2.04. The van der Waals surface area contributed by atoms with Gasteiger partial charge in [0.2, 0.25) is 0 Å². The topological polar surface area (TPSA) is 149 Å². The summed E-state index contributed by atoms with van der Waals surface area (Å²) < 4.78 is 67.6. The fourth-order valence-corrected chi connectivity index (χ4v) is 3.59. The van der Waals surface area contributed by atoms with Crippen molar-refractivity contribution < 1.29 is 26.4 Å². The molecule has 0 saturated carbocycles. The highest BCUT2D eigenvalue weighted by Gasteiger charge is 2.20. The zero-order valence-electron chi connectivity index (χ0n) is 18.6. The summed E-state index contributed by atoms with van der Waals surface area (Å²) in [4.78, 5) is 20.4. The molecule has 0 unspecified atom stereocenters. The van der Waals surface area contributed by atoms with Gasteiger partial charge in [0.15, 0.2) is 11.6 Å². The molecule has 0 aliphatic rings. The summed E-state index contributed by atoms with van der Waals surface area (Å²) in [5.41, 5.74) is 4.19. The van der Waals surface area contributed by atoms with Crippen LogP contribution in [0.3, 0.4) is 0 Å². The molecule has 0 bridgehead atoms. The number of hydrogen-bond donors (Lipinski definition) is 3. The molecule has 0 spiro atoms. The van der Waals surface area contributed by atoms with Crippen molar-refractivity contribution in [1.82, 2.24) is 19.4 Å². The second-order valence-corrected chi connectivity index (χ2v) is 8.69. The fourth-order valence-electron chi connectivity index (χ4n) is 3.08. The van der Waals surface area contributed by atoms with Crippen LogP contribution in [-0.2, 0) is 16.6 Å². The summed E-state index contributed by atoms with van der Waals surface area (Å²) in [5.74, 6) is -2.08. The minimum absolute atomic E-state index is 0.00415. The van der Waals surface area contributed by atoms with E-state index in [0.29, 0.717) is 5.56 Å². The Morgan fingerprint density at radius 2 is 2.00 bits per heavy atom. The Labute approximate surface area is 199 Å². The van der Waals surface area contributed by atoms with Crippen molar-refractivity contribution in [2.24, 2.45) is 5.73 Å². The third kappa shape index (κ3) is 5.88. The van der Waals surface area contributed by atoms with E-state index < -0.39 is 33.2 Å². The number of fused-ring (bicyclic) bond motifs is 1. The van der Waals surface area contributed by atoms with Gasteiger partial charge in [-0.1, -0.05) is 6.58 Å². The van der Waals surface area contributed by atoms with Gasteiger partial charge in [0, 0.05) is 42.9 Å². The number of benzene rings is 1. The Morgan fingerprint density at radius 3 is 2.63 bits per heavy atom. The monoisotopic (exact) mass is 505 g/mol. The molecule has 3 rings (SSSR count). The molecule has 2 heterocycles. The number of halogens is 2. The maximum Gasteiger partial charge on any atom is 0.340 e. The van der Waals surface area contributed by atoms with Crippen LogP contribution in [0.1, 0.15) is 11.1 Å². The van der Waals surface area contributed by atoms with Crippen LogP contribution in [0.4, 0.5) is 8.78 Å². The largest absolute Gasteiger partial charge is 0.422 e. The Morgan fingerprint density at radius 1 is 1.31 bits per heavy atom. The van der Waals surface area contributed by atoms with Crippen molar-refractivity contribution in [3.8, 4) is 11.8 Å². The van der Waals surface area contributed by atoms with E-state index in [1.807, 2.05) is 9.44 Å². The SMILES string of the molecule is C=C(NS(=O)(=O)NC)/C(F)=C(\C=C/N)Cc1c(C)c2cc(F)c(Oc3ncccn3)cc2oc1=O. The first kappa shape index (κ1) is 25.5. The van der Waals surface area contributed by atoms with E-state index in [1.165, 1.54) is 25.4 Å². The Kier molecular flexibility index (Phi) is 7.62. The molecule has 184 valence electrons. The van der Waals surface area contributed by atoms with Gasteiger partial charge < -0.3 is 14.9 Å². The van der Waals surface area contributed by atoms with E-state index in [9.17, 15) is 22.0 Å². The molecular weight excluding hydrogens is 484 g/mol. The minimum Gasteiger partial charge on any atom is -0.422 e. The lowest BCUT2D eigenvalue weighted by atomic mass is 9.98. The van der Waals surface area contributed by atoms with Crippen LogP contribution < -0.4 is 25.5 Å².